The van der Waals surface area contributed by atoms with Gasteiger partial charge in [0.1, 0.15) is 12.5 Å². The smallest absolute Gasteiger partial charge is 0.123 e. The molecular formula is C9H10ClF2NO. The molecule has 0 aliphatic carbocycles. The van der Waals surface area contributed by atoms with E-state index in [0.29, 0.717) is 5.56 Å². The number of alkyl halides is 1. The predicted octanol–water partition coefficient (Wildman–Crippen LogP) is 2.07. The van der Waals surface area contributed by atoms with Crippen LogP contribution in [0.5, 0.6) is 0 Å². The van der Waals surface area contributed by atoms with E-state index in [2.05, 4.69) is 4.84 Å². The van der Waals surface area contributed by atoms with Crippen molar-refractivity contribution < 1.29 is 13.9 Å². The van der Waals surface area contributed by atoms with Crippen LogP contribution in [-0.4, -0.2) is 11.7 Å². The molecule has 0 unspecified atom stereocenters. The van der Waals surface area contributed by atoms with Crippen LogP contribution in [0.2, 0.25) is 0 Å². The van der Waals surface area contributed by atoms with E-state index < -0.39 is 18.5 Å². The summed E-state index contributed by atoms with van der Waals surface area (Å²) in [6.45, 7) is -1.02. The highest BCUT2D eigenvalue weighted by Crippen LogP contribution is 2.17. The number of aliphatic hydroxyl groups excluding tert-OH is 1. The van der Waals surface area contributed by atoms with Gasteiger partial charge in [-0.25, -0.2) is 13.6 Å². The van der Waals surface area contributed by atoms with Crippen LogP contribution in [0.1, 0.15) is 17.2 Å². The average molecular weight is 222 g/mol. The predicted molar refractivity (Wildman–Crippen MR) is 50.0 cm³/mol. The second-order valence-corrected chi connectivity index (χ2v) is 3.09. The maximum absolute atomic E-state index is 12.9. The SMILES string of the molecule is OC[C@@H](NCl)c1cc(F)cc(CF)c1. The summed E-state index contributed by atoms with van der Waals surface area (Å²) in [6, 6.07) is 3.18. The zero-order chi connectivity index (χ0) is 10.6. The first-order valence-electron chi connectivity index (χ1n) is 4.03. The molecule has 2 nitrogen and oxygen atoms in total. The largest absolute Gasteiger partial charge is 0.394 e. The summed E-state index contributed by atoms with van der Waals surface area (Å²) in [5.74, 6) is -0.541. The standard InChI is InChI=1S/C9H10ClF2NO/c10-13-9(5-14)7-1-6(4-11)2-8(12)3-7/h1-3,9,13-14H,4-5H2/t9-/m1/s1. The van der Waals surface area contributed by atoms with E-state index in [-0.39, 0.29) is 12.2 Å². The molecule has 0 heterocycles. The summed E-state index contributed by atoms with van der Waals surface area (Å²) in [4.78, 5) is 2.28. The van der Waals surface area contributed by atoms with Crippen LogP contribution in [0.15, 0.2) is 18.2 Å². The number of nitrogens with one attached hydrogen (secondary N) is 1. The molecular weight excluding hydrogens is 212 g/mol. The second kappa shape index (κ2) is 5.24. The molecule has 78 valence electrons. The summed E-state index contributed by atoms with van der Waals surface area (Å²) in [6.07, 6.45) is 0. The fourth-order valence-corrected chi connectivity index (χ4v) is 1.35. The summed E-state index contributed by atoms with van der Waals surface area (Å²) < 4.78 is 25.2. The number of benzene rings is 1. The maximum atomic E-state index is 12.9. The normalized spacial score (nSPS) is 12.9. The summed E-state index contributed by atoms with van der Waals surface area (Å²) >= 11 is 5.32. The third-order valence-electron chi connectivity index (χ3n) is 1.85. The average Bonchev–Trinajstić information content (AvgIpc) is 2.19. The van der Waals surface area contributed by atoms with Gasteiger partial charge in [0.25, 0.3) is 0 Å². The molecule has 1 rings (SSSR count). The van der Waals surface area contributed by atoms with Gasteiger partial charge in [0.05, 0.1) is 12.6 Å². The Balaban J connectivity index is 3.01. The van der Waals surface area contributed by atoms with E-state index in [1.165, 1.54) is 12.1 Å². The second-order valence-electron chi connectivity index (χ2n) is 2.87. The number of aliphatic hydroxyl groups is 1. The van der Waals surface area contributed by atoms with Gasteiger partial charge in [-0.1, -0.05) is 6.07 Å². The Morgan fingerprint density at radius 3 is 2.64 bits per heavy atom. The van der Waals surface area contributed by atoms with Crippen LogP contribution >= 0.6 is 11.8 Å². The van der Waals surface area contributed by atoms with Crippen molar-refractivity contribution >= 4 is 11.8 Å². The zero-order valence-corrected chi connectivity index (χ0v) is 8.06. The monoisotopic (exact) mass is 221 g/mol. The molecule has 0 aliphatic heterocycles. The van der Waals surface area contributed by atoms with Crippen LogP contribution in [0.25, 0.3) is 0 Å². The Bertz CT molecular complexity index is 305. The molecule has 0 saturated carbocycles. The number of rotatable bonds is 4. The van der Waals surface area contributed by atoms with E-state index in [4.69, 9.17) is 16.9 Å². The molecule has 0 radical (unpaired) electrons. The minimum Gasteiger partial charge on any atom is -0.394 e. The molecule has 14 heavy (non-hydrogen) atoms. The van der Waals surface area contributed by atoms with E-state index in [0.717, 1.165) is 6.07 Å². The first-order chi connectivity index (χ1) is 6.71. The fourth-order valence-electron chi connectivity index (χ4n) is 1.16. The van der Waals surface area contributed by atoms with Crippen LogP contribution in [0.3, 0.4) is 0 Å². The minimum atomic E-state index is -0.745. The lowest BCUT2D eigenvalue weighted by Gasteiger charge is -2.12. The topological polar surface area (TPSA) is 32.3 Å². The molecule has 0 saturated heterocycles. The van der Waals surface area contributed by atoms with E-state index >= 15 is 0 Å². The molecule has 2 N–H and O–H groups in total. The molecule has 0 fully saturated rings. The van der Waals surface area contributed by atoms with Crippen molar-refractivity contribution in [2.45, 2.75) is 12.7 Å². The minimum absolute atomic E-state index is 0.227. The third-order valence-corrected chi connectivity index (χ3v) is 2.11. The lowest BCUT2D eigenvalue weighted by Crippen LogP contribution is -2.15. The third kappa shape index (κ3) is 2.64. The molecule has 1 aromatic carbocycles. The van der Waals surface area contributed by atoms with Crippen LogP contribution in [0.4, 0.5) is 8.78 Å². The zero-order valence-electron chi connectivity index (χ0n) is 7.30. The van der Waals surface area contributed by atoms with Crippen molar-refractivity contribution in [2.75, 3.05) is 6.61 Å². The summed E-state index contributed by atoms with van der Waals surface area (Å²) in [7, 11) is 0. The Hall–Kier alpha value is -0.710. The number of halogens is 3. The molecule has 0 amide bonds. The van der Waals surface area contributed by atoms with Gasteiger partial charge in [-0.3, -0.25) is 0 Å². The van der Waals surface area contributed by atoms with E-state index in [9.17, 15) is 8.78 Å². The van der Waals surface area contributed by atoms with Crippen molar-refractivity contribution in [3.8, 4) is 0 Å². The van der Waals surface area contributed by atoms with Gasteiger partial charge in [0, 0.05) is 0 Å². The van der Waals surface area contributed by atoms with Gasteiger partial charge in [0.2, 0.25) is 0 Å². The van der Waals surface area contributed by atoms with Crippen molar-refractivity contribution in [1.82, 2.24) is 4.84 Å². The van der Waals surface area contributed by atoms with Gasteiger partial charge < -0.3 is 5.11 Å². The highest BCUT2D eigenvalue weighted by Gasteiger charge is 2.10. The number of hydrogen-bond acceptors (Lipinski definition) is 2. The van der Waals surface area contributed by atoms with E-state index in [1.54, 1.807) is 0 Å². The number of hydrogen-bond donors (Lipinski definition) is 2. The van der Waals surface area contributed by atoms with E-state index in [1.807, 2.05) is 0 Å². The van der Waals surface area contributed by atoms with Crippen LogP contribution < -0.4 is 4.84 Å². The molecule has 5 heteroatoms. The Labute approximate surface area is 85.6 Å². The van der Waals surface area contributed by atoms with Gasteiger partial charge in [-0.2, -0.15) is 0 Å². The molecule has 0 bridgehead atoms. The van der Waals surface area contributed by atoms with Crippen molar-refractivity contribution in [1.29, 1.82) is 0 Å². The lowest BCUT2D eigenvalue weighted by molar-refractivity contribution is 0.260. The van der Waals surface area contributed by atoms with Crippen molar-refractivity contribution in [3.05, 3.63) is 35.1 Å². The van der Waals surface area contributed by atoms with Crippen LogP contribution in [-0.2, 0) is 6.67 Å². The van der Waals surface area contributed by atoms with Crippen LogP contribution in [0, 0.1) is 5.82 Å². The van der Waals surface area contributed by atoms with Gasteiger partial charge >= 0.3 is 0 Å². The van der Waals surface area contributed by atoms with Crippen molar-refractivity contribution in [2.24, 2.45) is 0 Å². The Morgan fingerprint density at radius 2 is 2.14 bits per heavy atom. The molecule has 0 aliphatic rings. The summed E-state index contributed by atoms with van der Waals surface area (Å²) in [5, 5.41) is 8.87. The van der Waals surface area contributed by atoms with Gasteiger partial charge in [-0.15, -0.1) is 0 Å². The highest BCUT2D eigenvalue weighted by molar-refractivity contribution is 6.13. The fraction of sp³-hybridized carbons (Fsp3) is 0.333. The summed E-state index contributed by atoms with van der Waals surface area (Å²) in [5.41, 5.74) is 0.653. The molecule has 0 aromatic heterocycles. The van der Waals surface area contributed by atoms with Gasteiger partial charge in [0.15, 0.2) is 0 Å². The molecule has 1 aromatic rings. The van der Waals surface area contributed by atoms with Gasteiger partial charge in [-0.05, 0) is 35.0 Å². The first kappa shape index (κ1) is 11.4. The highest BCUT2D eigenvalue weighted by atomic mass is 35.5. The lowest BCUT2D eigenvalue weighted by atomic mass is 10.1. The Morgan fingerprint density at radius 1 is 1.43 bits per heavy atom. The molecule has 1 atom stereocenters. The maximum Gasteiger partial charge on any atom is 0.123 e. The molecule has 0 spiro atoms. The van der Waals surface area contributed by atoms with Crippen molar-refractivity contribution in [3.63, 3.8) is 0 Å². The quantitative estimate of drug-likeness (QED) is 0.763. The Kier molecular flexibility index (Phi) is 4.25. The first-order valence-corrected chi connectivity index (χ1v) is 4.41.